The second-order valence-electron chi connectivity index (χ2n) is 12.2. The van der Waals surface area contributed by atoms with Crippen LogP contribution in [0.4, 0.5) is 64.1 Å². The molecule has 2 aromatic rings. The average molecular weight is 856 g/mol. The van der Waals surface area contributed by atoms with Gasteiger partial charge in [0.25, 0.3) is 11.2 Å². The van der Waals surface area contributed by atoms with Gasteiger partial charge in [0.15, 0.2) is 0 Å². The van der Waals surface area contributed by atoms with Gasteiger partial charge < -0.3 is 20.6 Å². The molecule has 0 radical (unpaired) electrons. The molecule has 0 bridgehead atoms. The van der Waals surface area contributed by atoms with E-state index in [-0.39, 0.29) is 23.3 Å². The van der Waals surface area contributed by atoms with E-state index in [9.17, 15) is 62.9 Å². The van der Waals surface area contributed by atoms with Crippen molar-refractivity contribution in [2.45, 2.75) is 96.9 Å². The Balaban J connectivity index is 0.00000157. The quantitative estimate of drug-likeness (QED) is 0.269. The van der Waals surface area contributed by atoms with E-state index < -0.39 is 64.0 Å². The van der Waals surface area contributed by atoms with Crippen LogP contribution in [0.15, 0.2) is 36.4 Å². The molecule has 0 saturated heterocycles. The van der Waals surface area contributed by atoms with Gasteiger partial charge in [-0.15, -0.1) is 11.4 Å². The first-order valence-corrected chi connectivity index (χ1v) is 14.6. The van der Waals surface area contributed by atoms with Crippen LogP contribution in [0.3, 0.4) is 0 Å². The Hall–Kier alpha value is -2.16. The van der Waals surface area contributed by atoms with E-state index in [0.29, 0.717) is 17.5 Å². The molecule has 0 aliphatic heterocycles. The van der Waals surface area contributed by atoms with E-state index in [1.165, 1.54) is 0 Å². The van der Waals surface area contributed by atoms with Gasteiger partial charge in [-0.05, 0) is 45.7 Å². The van der Waals surface area contributed by atoms with Crippen molar-refractivity contribution in [3.8, 4) is 0 Å². The van der Waals surface area contributed by atoms with E-state index in [0.717, 1.165) is 26.0 Å². The first-order chi connectivity index (χ1) is 20.0. The first kappa shape index (κ1) is 43.8. The van der Waals surface area contributed by atoms with Crippen LogP contribution in [0.25, 0.3) is 5.32 Å². The van der Waals surface area contributed by atoms with Gasteiger partial charge in [-0.1, -0.05) is 47.5 Å². The zero-order valence-electron chi connectivity index (χ0n) is 25.8. The summed E-state index contributed by atoms with van der Waals surface area (Å²) in [6.45, 7) is 13.9. The number of hydrogen-bond acceptors (Lipinski definition) is 3. The maximum absolute atomic E-state index is 13.4. The largest absolute Gasteiger partial charge is 0.657 e. The second-order valence-corrected chi connectivity index (χ2v) is 13.1. The summed E-state index contributed by atoms with van der Waals surface area (Å²) in [5, 5.41) is 31.2. The molecule has 0 saturated carbocycles. The fourth-order valence-corrected chi connectivity index (χ4v) is 3.14. The number of rotatable bonds is 4. The minimum absolute atomic E-state index is 0.188. The Labute approximate surface area is 269 Å². The van der Waals surface area contributed by atoms with Gasteiger partial charge >= 0.3 is 74.6 Å². The van der Waals surface area contributed by atoms with Crippen molar-refractivity contribution in [3.63, 3.8) is 0 Å². The van der Waals surface area contributed by atoms with E-state index in [1.54, 1.807) is 40.1 Å². The molecule has 17 heteroatoms. The topological polar surface area (TPSA) is 74.8 Å². The fourth-order valence-electron chi connectivity index (χ4n) is 3.14. The second kappa shape index (κ2) is 14.5. The molecule has 4 nitrogen and oxygen atoms in total. The molecule has 0 unspecified atom stereocenters. The monoisotopic (exact) mass is 856 g/mol. The number of benzene rings is 2. The predicted molar refractivity (Wildman–Crippen MR) is 145 cm³/mol. The molecule has 0 aromatic heterocycles. The van der Waals surface area contributed by atoms with Gasteiger partial charge in [0.2, 0.25) is 0 Å². The van der Waals surface area contributed by atoms with Gasteiger partial charge in [-0.25, -0.2) is 0 Å². The molecule has 0 heterocycles. The molecule has 0 aliphatic carbocycles. The average Bonchev–Trinajstić information content (AvgIpc) is 2.81. The molecule has 0 spiro atoms. The van der Waals surface area contributed by atoms with Crippen molar-refractivity contribution in [1.29, 1.82) is 0 Å². The summed E-state index contributed by atoms with van der Waals surface area (Å²) in [6.07, 6.45) is -25.7. The normalized spacial score (nSPS) is 13.6. The van der Waals surface area contributed by atoms with Crippen molar-refractivity contribution in [1.82, 2.24) is 0 Å². The SMILES string of the molecule is CC(C)(C)O.CC(C)(C)[CH]=[W].Cc1ccc([N-]c2ccc(C)cc2C(O)(C(F)(F)F)C(F)(F)F)c(C(O)(C(F)(F)F)C(F)(F)F)c1. The molecule has 2 rings (SSSR count). The van der Waals surface area contributed by atoms with Gasteiger partial charge in [0.1, 0.15) is 0 Å². The van der Waals surface area contributed by atoms with Crippen LogP contribution < -0.4 is 0 Å². The van der Waals surface area contributed by atoms with Crippen LogP contribution in [0.5, 0.6) is 0 Å². The number of nitrogens with zero attached hydrogens (tertiary/aromatic N) is 1. The third-order valence-corrected chi connectivity index (χ3v) is 7.86. The Morgan fingerprint density at radius 2 is 0.761 bits per heavy atom. The predicted octanol–water partition coefficient (Wildman–Crippen LogP) is 9.42. The summed E-state index contributed by atoms with van der Waals surface area (Å²) < 4.78 is 163. The van der Waals surface area contributed by atoms with Gasteiger partial charge in [0, 0.05) is 0 Å². The van der Waals surface area contributed by atoms with Crippen molar-refractivity contribution in [2.24, 2.45) is 5.41 Å². The van der Waals surface area contributed by atoms with Crippen molar-refractivity contribution in [2.75, 3.05) is 0 Å². The number of halogens is 12. The van der Waals surface area contributed by atoms with Crippen molar-refractivity contribution >= 4 is 15.8 Å². The molecular formula is C29H34F12NO3W-. The zero-order valence-corrected chi connectivity index (χ0v) is 28.7. The molecule has 0 atom stereocenters. The molecule has 0 aliphatic rings. The minimum Gasteiger partial charge on any atom is -0.657 e. The summed E-state index contributed by atoms with van der Waals surface area (Å²) >= 11 is 1.57. The van der Waals surface area contributed by atoms with E-state index in [1.807, 2.05) is 0 Å². The third-order valence-electron chi connectivity index (χ3n) is 5.32. The summed E-state index contributed by atoms with van der Waals surface area (Å²) in [4.78, 5) is 0. The smallest absolute Gasteiger partial charge is 0.430 e. The molecule has 46 heavy (non-hydrogen) atoms. The zero-order chi connectivity index (χ0) is 37.1. The molecule has 264 valence electrons. The van der Waals surface area contributed by atoms with Crippen LogP contribution in [-0.4, -0.2) is 50.0 Å². The Morgan fingerprint density at radius 3 is 0.935 bits per heavy atom. The summed E-state index contributed by atoms with van der Waals surface area (Å²) in [6, 6.07) is 2.99. The van der Waals surface area contributed by atoms with Gasteiger partial charge in [-0.3, -0.25) is 0 Å². The Morgan fingerprint density at radius 1 is 0.543 bits per heavy atom. The molecule has 2 aromatic carbocycles. The maximum Gasteiger partial charge on any atom is 0.430 e. The van der Waals surface area contributed by atoms with Crippen molar-refractivity contribution in [3.05, 3.63) is 64.0 Å². The summed E-state index contributed by atoms with van der Waals surface area (Å²) in [5.74, 6) is 0. The van der Waals surface area contributed by atoms with E-state index in [4.69, 9.17) is 5.11 Å². The first-order valence-electron chi connectivity index (χ1n) is 12.9. The van der Waals surface area contributed by atoms with Gasteiger partial charge in [0.05, 0.1) is 5.60 Å². The molecular weight excluding hydrogens is 822 g/mol. The Bertz CT molecular complexity index is 1200. The van der Waals surface area contributed by atoms with Crippen LogP contribution in [0.1, 0.15) is 63.8 Å². The van der Waals surface area contributed by atoms with E-state index >= 15 is 0 Å². The maximum atomic E-state index is 13.4. The van der Waals surface area contributed by atoms with Crippen LogP contribution in [0.2, 0.25) is 0 Å². The van der Waals surface area contributed by atoms with Crippen LogP contribution >= 0.6 is 0 Å². The van der Waals surface area contributed by atoms with Crippen molar-refractivity contribution < 1.29 is 87.4 Å². The Kier molecular flexibility index (Phi) is 13.8. The van der Waals surface area contributed by atoms with Crippen LogP contribution in [-0.2, 0) is 30.6 Å². The standard InChI is InChI=1S/C20H14F12NO2.C5H10.C4H10O.W/c1-9-3-5-13(11(7-9)15(34,17(21,22)23)18(24,25)26)33-14-6-4-10(2)8-12(14)16(35,19(27,28)29)20(30,31)32;1-5(2,3)4;1-4(2,3)5;/h3-8,34-35H,1-2H3;1H,2-4H3;5H,1-3H3;/q-1;;;. The molecule has 3 N–H and O–H groups in total. The summed E-state index contributed by atoms with van der Waals surface area (Å²) in [7, 11) is 0. The molecule has 0 fully saturated rings. The number of aryl methyl sites for hydroxylation is 2. The van der Waals surface area contributed by atoms with Gasteiger partial charge in [-0.2, -0.15) is 52.7 Å². The van der Waals surface area contributed by atoms with Crippen LogP contribution in [0, 0.1) is 19.3 Å². The minimum atomic E-state index is -6.42. The third kappa shape index (κ3) is 11.2. The number of alkyl halides is 12. The molecule has 0 amide bonds. The van der Waals surface area contributed by atoms with E-state index in [2.05, 4.69) is 30.5 Å². The fraction of sp³-hybridized carbons (Fsp3) is 0.552. The number of aliphatic hydroxyl groups is 3. The summed E-state index contributed by atoms with van der Waals surface area (Å²) in [5.41, 5.74) is -18.6. The number of hydrogen-bond donors (Lipinski definition) is 3.